The molecule has 0 aromatic heterocycles. The Bertz CT molecular complexity index is 924. The molecule has 0 aromatic carbocycles. The minimum atomic E-state index is -0.786. The topological polar surface area (TPSA) is 95.9 Å². The van der Waals surface area contributed by atoms with Crippen LogP contribution in [0.2, 0.25) is 0 Å². The standard InChI is InChI=1S/C55H107NO5/c1-4-7-10-13-16-19-22-25-26-27-30-31-34-37-40-43-46-51(61-55(60)48-45-42-39-36-33-29-24-21-18-15-12-9-6-3)49-54(59)56-52(50-57)53(58)47-44-41-38-35-32-28-23-20-17-14-11-8-5-2/h30-31,51-53,57-58H,4-29,32-50H2,1-3H3,(H,56,59)/b31-30+. The van der Waals surface area contributed by atoms with Gasteiger partial charge in [-0.2, -0.15) is 0 Å². The highest BCUT2D eigenvalue weighted by Crippen LogP contribution is 2.18. The Hall–Kier alpha value is -1.40. The van der Waals surface area contributed by atoms with Crippen molar-refractivity contribution < 1.29 is 24.5 Å². The zero-order chi connectivity index (χ0) is 44.5. The van der Waals surface area contributed by atoms with E-state index in [0.29, 0.717) is 19.3 Å². The summed E-state index contributed by atoms with van der Waals surface area (Å²) < 4.78 is 5.94. The maximum Gasteiger partial charge on any atom is 0.306 e. The number of amides is 1. The van der Waals surface area contributed by atoms with E-state index in [9.17, 15) is 19.8 Å². The first kappa shape index (κ1) is 59.6. The number of rotatable bonds is 50. The number of hydrogen-bond donors (Lipinski definition) is 3. The maximum atomic E-state index is 13.2. The second-order valence-corrected chi connectivity index (χ2v) is 19.0. The van der Waals surface area contributed by atoms with Crippen molar-refractivity contribution in [1.29, 1.82) is 0 Å². The number of unbranched alkanes of at least 4 members (excludes halogenated alkanes) is 36. The minimum absolute atomic E-state index is 0.0744. The number of aliphatic hydroxyl groups is 2. The number of esters is 1. The fourth-order valence-corrected chi connectivity index (χ4v) is 8.66. The van der Waals surface area contributed by atoms with Crippen molar-refractivity contribution in [3.8, 4) is 0 Å². The zero-order valence-corrected chi connectivity index (χ0v) is 41.3. The summed E-state index contributed by atoms with van der Waals surface area (Å²) in [5, 5.41) is 23.8. The second kappa shape index (κ2) is 49.6. The second-order valence-electron chi connectivity index (χ2n) is 19.0. The van der Waals surface area contributed by atoms with Crippen molar-refractivity contribution >= 4 is 11.9 Å². The van der Waals surface area contributed by atoms with E-state index in [0.717, 1.165) is 57.8 Å². The average Bonchev–Trinajstić information content (AvgIpc) is 3.25. The summed E-state index contributed by atoms with van der Waals surface area (Å²) in [5.74, 6) is -0.469. The molecule has 6 heteroatoms. The molecule has 0 rings (SSSR count). The first-order valence-corrected chi connectivity index (χ1v) is 27.4. The number of nitrogens with one attached hydrogen (secondary N) is 1. The number of hydrogen-bond acceptors (Lipinski definition) is 5. The average molecular weight is 862 g/mol. The molecule has 0 spiro atoms. The van der Waals surface area contributed by atoms with E-state index in [2.05, 4.69) is 38.2 Å². The van der Waals surface area contributed by atoms with Crippen LogP contribution >= 0.6 is 0 Å². The molecule has 0 aromatic rings. The molecular formula is C55H107NO5. The SMILES string of the molecule is CCCCCCCCCCC/C=C/CCCCCC(CC(=O)NC(CO)C(O)CCCCCCCCCCCCCCC)OC(=O)CCCCCCCCCCCCCCC. The quantitative estimate of drug-likeness (QED) is 0.0322. The molecule has 362 valence electrons. The molecule has 61 heavy (non-hydrogen) atoms. The van der Waals surface area contributed by atoms with Gasteiger partial charge in [0, 0.05) is 6.42 Å². The van der Waals surface area contributed by atoms with Crippen molar-refractivity contribution in [2.45, 2.75) is 322 Å². The highest BCUT2D eigenvalue weighted by Gasteiger charge is 2.24. The largest absolute Gasteiger partial charge is 0.462 e. The molecule has 1 amide bonds. The molecule has 3 N–H and O–H groups in total. The van der Waals surface area contributed by atoms with Crippen molar-refractivity contribution in [2.75, 3.05) is 6.61 Å². The summed E-state index contributed by atoms with van der Waals surface area (Å²) in [6, 6.07) is -0.700. The van der Waals surface area contributed by atoms with Crippen LogP contribution in [-0.2, 0) is 14.3 Å². The summed E-state index contributed by atoms with van der Waals surface area (Å²) >= 11 is 0. The van der Waals surface area contributed by atoms with Gasteiger partial charge in [0.15, 0.2) is 0 Å². The van der Waals surface area contributed by atoms with Crippen LogP contribution in [0.25, 0.3) is 0 Å². The number of carbonyl (C=O) groups is 2. The van der Waals surface area contributed by atoms with Crippen LogP contribution in [0, 0.1) is 0 Å². The van der Waals surface area contributed by atoms with E-state index < -0.39 is 18.2 Å². The lowest BCUT2D eigenvalue weighted by molar-refractivity contribution is -0.151. The lowest BCUT2D eigenvalue weighted by Crippen LogP contribution is -2.46. The van der Waals surface area contributed by atoms with E-state index in [1.54, 1.807) is 0 Å². The molecule has 0 fully saturated rings. The molecule has 0 bridgehead atoms. The van der Waals surface area contributed by atoms with Gasteiger partial charge in [-0.3, -0.25) is 9.59 Å². The number of carbonyl (C=O) groups excluding carboxylic acids is 2. The summed E-state index contributed by atoms with van der Waals surface area (Å²) in [7, 11) is 0. The van der Waals surface area contributed by atoms with Gasteiger partial charge in [0.05, 0.1) is 25.2 Å². The van der Waals surface area contributed by atoms with E-state index in [1.165, 1.54) is 199 Å². The van der Waals surface area contributed by atoms with Gasteiger partial charge in [-0.15, -0.1) is 0 Å². The summed E-state index contributed by atoms with van der Waals surface area (Å²) in [4.78, 5) is 26.2. The van der Waals surface area contributed by atoms with Crippen molar-refractivity contribution in [2.24, 2.45) is 0 Å². The van der Waals surface area contributed by atoms with E-state index >= 15 is 0 Å². The molecule has 0 radical (unpaired) electrons. The third-order valence-electron chi connectivity index (χ3n) is 12.8. The number of aliphatic hydroxyl groups excluding tert-OH is 2. The Morgan fingerprint density at radius 2 is 0.787 bits per heavy atom. The molecule has 3 unspecified atom stereocenters. The Kier molecular flexibility index (Phi) is 48.5. The Balaban J connectivity index is 4.55. The lowest BCUT2D eigenvalue weighted by atomic mass is 10.0. The van der Waals surface area contributed by atoms with E-state index in [1.807, 2.05) is 0 Å². The van der Waals surface area contributed by atoms with Gasteiger partial charge in [0.1, 0.15) is 6.10 Å². The molecular weight excluding hydrogens is 755 g/mol. The third kappa shape index (κ3) is 45.0. The van der Waals surface area contributed by atoms with Gasteiger partial charge in [-0.05, 0) is 51.4 Å². The molecule has 0 saturated heterocycles. The predicted octanol–water partition coefficient (Wildman–Crippen LogP) is 16.5. The molecule has 3 atom stereocenters. The zero-order valence-electron chi connectivity index (χ0n) is 41.3. The van der Waals surface area contributed by atoms with Crippen LogP contribution in [0.3, 0.4) is 0 Å². The molecule has 0 heterocycles. The normalized spacial score (nSPS) is 13.2. The summed E-state index contributed by atoms with van der Waals surface area (Å²) in [5.41, 5.74) is 0. The Morgan fingerprint density at radius 3 is 1.18 bits per heavy atom. The number of allylic oxidation sites excluding steroid dienone is 2. The van der Waals surface area contributed by atoms with Crippen LogP contribution in [-0.4, -0.2) is 46.9 Å². The van der Waals surface area contributed by atoms with Crippen LogP contribution in [0.4, 0.5) is 0 Å². The molecule has 6 nitrogen and oxygen atoms in total. The van der Waals surface area contributed by atoms with Gasteiger partial charge in [-0.25, -0.2) is 0 Å². The smallest absolute Gasteiger partial charge is 0.306 e. The Morgan fingerprint density at radius 1 is 0.459 bits per heavy atom. The predicted molar refractivity (Wildman–Crippen MR) is 264 cm³/mol. The summed E-state index contributed by atoms with van der Waals surface area (Å²) in [6.07, 6.45) is 55.6. The monoisotopic (exact) mass is 862 g/mol. The molecule has 0 aliphatic heterocycles. The Labute approximate surface area is 380 Å². The van der Waals surface area contributed by atoms with Crippen molar-refractivity contribution in [3.63, 3.8) is 0 Å². The highest BCUT2D eigenvalue weighted by atomic mass is 16.5. The fourth-order valence-electron chi connectivity index (χ4n) is 8.66. The third-order valence-corrected chi connectivity index (χ3v) is 12.8. The van der Waals surface area contributed by atoms with Crippen LogP contribution in [0.1, 0.15) is 303 Å². The van der Waals surface area contributed by atoms with E-state index in [4.69, 9.17) is 4.74 Å². The van der Waals surface area contributed by atoms with Gasteiger partial charge in [0.2, 0.25) is 5.91 Å². The molecule has 0 saturated carbocycles. The van der Waals surface area contributed by atoms with Gasteiger partial charge in [-0.1, -0.05) is 251 Å². The van der Waals surface area contributed by atoms with Crippen molar-refractivity contribution in [3.05, 3.63) is 12.2 Å². The first-order valence-electron chi connectivity index (χ1n) is 27.4. The van der Waals surface area contributed by atoms with Crippen LogP contribution in [0.5, 0.6) is 0 Å². The van der Waals surface area contributed by atoms with Gasteiger partial charge in [0.25, 0.3) is 0 Å². The molecule has 0 aliphatic rings. The summed E-state index contributed by atoms with van der Waals surface area (Å²) in [6.45, 7) is 6.51. The maximum absolute atomic E-state index is 13.2. The highest BCUT2D eigenvalue weighted by molar-refractivity contribution is 5.77. The van der Waals surface area contributed by atoms with Gasteiger partial charge < -0.3 is 20.3 Å². The minimum Gasteiger partial charge on any atom is -0.462 e. The lowest BCUT2D eigenvalue weighted by Gasteiger charge is -2.24. The fraction of sp³-hybridized carbons (Fsp3) is 0.927. The van der Waals surface area contributed by atoms with Gasteiger partial charge >= 0.3 is 5.97 Å². The van der Waals surface area contributed by atoms with E-state index in [-0.39, 0.29) is 24.9 Å². The van der Waals surface area contributed by atoms with Crippen molar-refractivity contribution in [1.82, 2.24) is 5.32 Å². The number of ether oxygens (including phenoxy) is 1. The first-order chi connectivity index (χ1) is 30.0. The molecule has 0 aliphatic carbocycles. The van der Waals surface area contributed by atoms with Crippen LogP contribution in [0.15, 0.2) is 12.2 Å². The van der Waals surface area contributed by atoms with Crippen LogP contribution < -0.4 is 5.32 Å².